The monoisotopic (exact) mass is 153 g/mol. The minimum absolute atomic E-state index is 0.0816. The van der Waals surface area contributed by atoms with Gasteiger partial charge in [-0.25, -0.2) is 9.97 Å². The number of rotatable bonds is 3. The summed E-state index contributed by atoms with van der Waals surface area (Å²) in [7, 11) is 0. The van der Waals surface area contributed by atoms with Gasteiger partial charge in [0.1, 0.15) is 6.20 Å². The molecule has 0 fully saturated rings. The largest absolute Gasteiger partial charge is 0.358 e. The lowest BCUT2D eigenvalue weighted by Gasteiger charge is -1.85. The van der Waals surface area contributed by atoms with E-state index in [1.54, 1.807) is 6.08 Å². The number of allylic oxidation sites excluding steroid dienone is 1. The van der Waals surface area contributed by atoms with E-state index < -0.39 is 4.92 Å². The Morgan fingerprint density at radius 2 is 2.64 bits per heavy atom. The van der Waals surface area contributed by atoms with Crippen LogP contribution in [0.3, 0.4) is 0 Å². The standard InChI is InChI=1S/C6H7N3O2/c1-2-3-5-7-4-6(8-5)9(10)11/h2,4H,1,3H2,(H,7,8). The SMILES string of the molecule is C=CCc1ncc([N+](=O)[O-])[nH]1. The van der Waals surface area contributed by atoms with Gasteiger partial charge in [-0.1, -0.05) is 6.08 Å². The molecule has 1 rings (SSSR count). The normalized spacial score (nSPS) is 9.45. The number of nitrogens with zero attached hydrogens (tertiary/aromatic N) is 2. The van der Waals surface area contributed by atoms with E-state index >= 15 is 0 Å². The average molecular weight is 153 g/mol. The van der Waals surface area contributed by atoms with Crippen molar-refractivity contribution in [3.05, 3.63) is 34.8 Å². The van der Waals surface area contributed by atoms with Crippen molar-refractivity contribution in [2.75, 3.05) is 0 Å². The van der Waals surface area contributed by atoms with E-state index in [1.807, 2.05) is 0 Å². The van der Waals surface area contributed by atoms with E-state index in [0.717, 1.165) is 0 Å². The Morgan fingerprint density at radius 1 is 1.91 bits per heavy atom. The summed E-state index contributed by atoms with van der Waals surface area (Å²) in [5.41, 5.74) is 0. The molecule has 0 atom stereocenters. The molecule has 0 saturated carbocycles. The molecule has 0 aliphatic carbocycles. The Balaban J connectivity index is 2.81. The molecule has 0 spiro atoms. The van der Waals surface area contributed by atoms with Crippen molar-refractivity contribution in [1.82, 2.24) is 9.97 Å². The first kappa shape index (κ1) is 7.46. The van der Waals surface area contributed by atoms with Crippen molar-refractivity contribution < 1.29 is 4.92 Å². The van der Waals surface area contributed by atoms with Gasteiger partial charge in [0.2, 0.25) is 0 Å². The molecule has 1 N–H and O–H groups in total. The third kappa shape index (κ3) is 1.64. The molecule has 58 valence electrons. The molecule has 1 aromatic rings. The average Bonchev–Trinajstić information content (AvgIpc) is 2.37. The van der Waals surface area contributed by atoms with Gasteiger partial charge in [0, 0.05) is 6.42 Å². The Hall–Kier alpha value is -1.65. The number of aromatic amines is 1. The van der Waals surface area contributed by atoms with Gasteiger partial charge >= 0.3 is 5.82 Å². The summed E-state index contributed by atoms with van der Waals surface area (Å²) < 4.78 is 0. The third-order valence-electron chi connectivity index (χ3n) is 1.15. The van der Waals surface area contributed by atoms with E-state index in [4.69, 9.17) is 0 Å². The molecule has 0 amide bonds. The molecule has 0 aliphatic rings. The maximum Gasteiger partial charge on any atom is 0.340 e. The van der Waals surface area contributed by atoms with E-state index in [0.29, 0.717) is 12.2 Å². The zero-order chi connectivity index (χ0) is 8.27. The predicted octanol–water partition coefficient (Wildman–Crippen LogP) is 1.05. The predicted molar refractivity (Wildman–Crippen MR) is 39.1 cm³/mol. The van der Waals surface area contributed by atoms with Crippen LogP contribution < -0.4 is 0 Å². The van der Waals surface area contributed by atoms with Crippen LogP contribution in [0.4, 0.5) is 5.82 Å². The molecule has 5 nitrogen and oxygen atoms in total. The highest BCUT2D eigenvalue weighted by molar-refractivity contribution is 5.15. The van der Waals surface area contributed by atoms with Crippen molar-refractivity contribution in [2.24, 2.45) is 0 Å². The summed E-state index contributed by atoms with van der Waals surface area (Å²) in [6.07, 6.45) is 3.34. The Morgan fingerprint density at radius 3 is 3.09 bits per heavy atom. The first-order chi connectivity index (χ1) is 5.24. The molecule has 0 unspecified atom stereocenters. The summed E-state index contributed by atoms with van der Waals surface area (Å²) in [5.74, 6) is 0.480. The minimum Gasteiger partial charge on any atom is -0.358 e. The van der Waals surface area contributed by atoms with E-state index in [9.17, 15) is 10.1 Å². The lowest BCUT2D eigenvalue weighted by atomic mass is 10.4. The maximum atomic E-state index is 10.1. The van der Waals surface area contributed by atoms with Gasteiger partial charge in [-0.2, -0.15) is 0 Å². The summed E-state index contributed by atoms with van der Waals surface area (Å²) in [5, 5.41) is 10.1. The van der Waals surface area contributed by atoms with Crippen molar-refractivity contribution in [2.45, 2.75) is 6.42 Å². The number of hydrogen-bond acceptors (Lipinski definition) is 3. The van der Waals surface area contributed by atoms with Crippen LogP contribution >= 0.6 is 0 Å². The summed E-state index contributed by atoms with van der Waals surface area (Å²) in [6, 6.07) is 0. The lowest BCUT2D eigenvalue weighted by Crippen LogP contribution is -1.88. The fourth-order valence-electron chi connectivity index (χ4n) is 0.685. The second-order valence-electron chi connectivity index (χ2n) is 1.97. The summed E-state index contributed by atoms with van der Waals surface area (Å²) >= 11 is 0. The zero-order valence-corrected chi connectivity index (χ0v) is 5.78. The molecule has 0 radical (unpaired) electrons. The van der Waals surface area contributed by atoms with Gasteiger partial charge in [0.05, 0.1) is 0 Å². The van der Waals surface area contributed by atoms with Crippen LogP contribution in [0.2, 0.25) is 0 Å². The van der Waals surface area contributed by atoms with Crippen molar-refractivity contribution in [3.8, 4) is 0 Å². The number of nitrogens with one attached hydrogen (secondary N) is 1. The molecule has 1 heterocycles. The van der Waals surface area contributed by atoms with Crippen LogP contribution in [-0.4, -0.2) is 14.9 Å². The fraction of sp³-hybridized carbons (Fsp3) is 0.167. The summed E-state index contributed by atoms with van der Waals surface area (Å²) in [6.45, 7) is 3.48. The molecule has 0 aromatic carbocycles. The van der Waals surface area contributed by atoms with Crippen molar-refractivity contribution >= 4 is 5.82 Å². The number of H-pyrrole nitrogens is 1. The number of aromatic nitrogens is 2. The smallest absolute Gasteiger partial charge is 0.340 e. The first-order valence-corrected chi connectivity index (χ1v) is 3.03. The molecule has 0 bridgehead atoms. The van der Waals surface area contributed by atoms with E-state index in [2.05, 4.69) is 16.5 Å². The van der Waals surface area contributed by atoms with Gasteiger partial charge in [-0.3, -0.25) is 0 Å². The molecule has 0 aliphatic heterocycles. The maximum absolute atomic E-state index is 10.1. The Bertz CT molecular complexity index is 279. The Labute approximate surface area is 62.9 Å². The topological polar surface area (TPSA) is 71.8 Å². The lowest BCUT2D eigenvalue weighted by molar-refractivity contribution is -0.389. The quantitative estimate of drug-likeness (QED) is 0.400. The van der Waals surface area contributed by atoms with Crippen molar-refractivity contribution in [1.29, 1.82) is 0 Å². The molecule has 1 aromatic heterocycles. The van der Waals surface area contributed by atoms with Crippen LogP contribution in [0.1, 0.15) is 5.82 Å². The van der Waals surface area contributed by atoms with Gasteiger partial charge in [-0.05, 0) is 4.92 Å². The van der Waals surface area contributed by atoms with Gasteiger partial charge < -0.3 is 10.1 Å². The molecule has 5 heteroatoms. The Kier molecular flexibility index (Phi) is 2.00. The highest BCUT2D eigenvalue weighted by atomic mass is 16.6. The van der Waals surface area contributed by atoms with Gasteiger partial charge in [0.25, 0.3) is 0 Å². The van der Waals surface area contributed by atoms with Crippen LogP contribution in [-0.2, 0) is 6.42 Å². The number of hydrogen-bond donors (Lipinski definition) is 1. The van der Waals surface area contributed by atoms with Gasteiger partial charge in [-0.15, -0.1) is 6.58 Å². The third-order valence-corrected chi connectivity index (χ3v) is 1.15. The van der Waals surface area contributed by atoms with Crippen LogP contribution in [0.25, 0.3) is 0 Å². The second-order valence-corrected chi connectivity index (χ2v) is 1.97. The van der Waals surface area contributed by atoms with E-state index in [1.165, 1.54) is 6.20 Å². The second kappa shape index (κ2) is 2.96. The first-order valence-electron chi connectivity index (χ1n) is 3.03. The minimum atomic E-state index is -0.514. The van der Waals surface area contributed by atoms with Crippen LogP contribution in [0.5, 0.6) is 0 Å². The van der Waals surface area contributed by atoms with Gasteiger partial charge in [0.15, 0.2) is 5.82 Å². The van der Waals surface area contributed by atoms with Crippen LogP contribution in [0.15, 0.2) is 18.9 Å². The molecular formula is C6H7N3O2. The molecule has 0 saturated heterocycles. The van der Waals surface area contributed by atoms with Crippen LogP contribution in [0, 0.1) is 10.1 Å². The molecular weight excluding hydrogens is 146 g/mol. The van der Waals surface area contributed by atoms with Crippen molar-refractivity contribution in [3.63, 3.8) is 0 Å². The number of imidazole rings is 1. The van der Waals surface area contributed by atoms with E-state index in [-0.39, 0.29) is 5.82 Å². The number of nitro groups is 1. The summed E-state index contributed by atoms with van der Waals surface area (Å²) in [4.78, 5) is 15.9. The highest BCUT2D eigenvalue weighted by Crippen LogP contribution is 2.05. The fourth-order valence-corrected chi connectivity index (χ4v) is 0.685. The zero-order valence-electron chi connectivity index (χ0n) is 5.78. The highest BCUT2D eigenvalue weighted by Gasteiger charge is 2.07. The molecule has 11 heavy (non-hydrogen) atoms.